The Labute approximate surface area is 166 Å². The number of imidazole rings is 1. The van der Waals surface area contributed by atoms with E-state index >= 15 is 0 Å². The van der Waals surface area contributed by atoms with Crippen molar-refractivity contribution >= 4 is 0 Å². The summed E-state index contributed by atoms with van der Waals surface area (Å²) >= 11 is 0. The van der Waals surface area contributed by atoms with Gasteiger partial charge in [0.05, 0.1) is 12.1 Å². The molecule has 3 aromatic heterocycles. The van der Waals surface area contributed by atoms with E-state index in [0.717, 1.165) is 39.8 Å². The molecule has 0 saturated carbocycles. The molecule has 0 aliphatic carbocycles. The predicted molar refractivity (Wildman–Crippen MR) is 109 cm³/mol. The topological polar surface area (TPSA) is 90.6 Å². The van der Waals surface area contributed by atoms with Gasteiger partial charge >= 0.3 is 0 Å². The number of aromatic nitrogens is 6. The smallest absolute Gasteiger partial charge is 0.247 e. The van der Waals surface area contributed by atoms with Crippen molar-refractivity contribution in [2.24, 2.45) is 0 Å². The number of pyridine rings is 1. The van der Waals surface area contributed by atoms with E-state index in [0.29, 0.717) is 13.2 Å². The van der Waals surface area contributed by atoms with Crippen LogP contribution in [-0.4, -0.2) is 35.9 Å². The molecule has 0 unspecified atom stereocenters. The molecule has 0 atom stereocenters. The highest BCUT2D eigenvalue weighted by Crippen LogP contribution is 2.36. The first-order valence-corrected chi connectivity index (χ1v) is 9.53. The molecule has 0 fully saturated rings. The third-order valence-corrected chi connectivity index (χ3v) is 5.00. The SMILES string of the molecule is CC(C)n1ncnc1-c1cn2c(n1)-c1cc(-c3ccc(=O)[nH]c3)ccc1OCC2. The van der Waals surface area contributed by atoms with Gasteiger partial charge in [0.2, 0.25) is 5.56 Å². The monoisotopic (exact) mass is 388 g/mol. The van der Waals surface area contributed by atoms with E-state index in [1.54, 1.807) is 18.6 Å². The average Bonchev–Trinajstić information content (AvgIpc) is 3.33. The molecular weight excluding hydrogens is 368 g/mol. The maximum absolute atomic E-state index is 11.4. The number of nitrogens with zero attached hydrogens (tertiary/aromatic N) is 5. The van der Waals surface area contributed by atoms with E-state index in [1.165, 1.54) is 6.07 Å². The van der Waals surface area contributed by atoms with Crippen molar-refractivity contribution in [2.45, 2.75) is 26.4 Å². The zero-order valence-electron chi connectivity index (χ0n) is 16.2. The van der Waals surface area contributed by atoms with Crippen LogP contribution in [0.5, 0.6) is 5.75 Å². The fourth-order valence-corrected chi connectivity index (χ4v) is 3.57. The number of hydrogen-bond acceptors (Lipinski definition) is 5. The molecule has 1 aromatic carbocycles. The van der Waals surface area contributed by atoms with Crippen LogP contribution >= 0.6 is 0 Å². The predicted octanol–water partition coefficient (Wildman–Crippen LogP) is 3.14. The Kier molecular flexibility index (Phi) is 4.04. The first kappa shape index (κ1) is 17.4. The van der Waals surface area contributed by atoms with Crippen LogP contribution in [0.1, 0.15) is 19.9 Å². The molecule has 0 amide bonds. The molecular formula is C21H20N6O2. The van der Waals surface area contributed by atoms with Gasteiger partial charge in [0, 0.05) is 24.5 Å². The molecule has 4 aromatic rings. The minimum absolute atomic E-state index is 0.124. The Bertz CT molecular complexity index is 1230. The van der Waals surface area contributed by atoms with Gasteiger partial charge in [-0.25, -0.2) is 14.6 Å². The molecule has 8 nitrogen and oxygen atoms in total. The van der Waals surface area contributed by atoms with Gasteiger partial charge in [0.1, 0.15) is 30.2 Å². The summed E-state index contributed by atoms with van der Waals surface area (Å²) < 4.78 is 9.91. The molecule has 29 heavy (non-hydrogen) atoms. The number of hydrogen-bond donors (Lipinski definition) is 1. The third-order valence-electron chi connectivity index (χ3n) is 5.00. The van der Waals surface area contributed by atoms with Gasteiger partial charge in [0.15, 0.2) is 5.82 Å². The Hall–Kier alpha value is -3.68. The van der Waals surface area contributed by atoms with Crippen molar-refractivity contribution < 1.29 is 4.74 Å². The number of aromatic amines is 1. The summed E-state index contributed by atoms with van der Waals surface area (Å²) in [5.41, 5.74) is 3.48. The van der Waals surface area contributed by atoms with E-state index in [-0.39, 0.29) is 11.6 Å². The normalized spacial score (nSPS) is 12.9. The van der Waals surface area contributed by atoms with Gasteiger partial charge in [0.25, 0.3) is 0 Å². The van der Waals surface area contributed by atoms with Gasteiger partial charge in [-0.3, -0.25) is 4.79 Å². The second kappa shape index (κ2) is 6.73. The summed E-state index contributed by atoms with van der Waals surface area (Å²) in [6.07, 6.45) is 5.28. The van der Waals surface area contributed by atoms with Crippen molar-refractivity contribution in [1.82, 2.24) is 29.3 Å². The molecule has 0 spiro atoms. The van der Waals surface area contributed by atoms with Crippen LogP contribution in [0.15, 0.2) is 53.8 Å². The fourth-order valence-electron chi connectivity index (χ4n) is 3.57. The highest BCUT2D eigenvalue weighted by Gasteiger charge is 2.22. The molecule has 4 heterocycles. The maximum Gasteiger partial charge on any atom is 0.247 e. The number of nitrogens with one attached hydrogen (secondary N) is 1. The van der Waals surface area contributed by atoms with Crippen molar-refractivity contribution in [2.75, 3.05) is 6.61 Å². The molecule has 8 heteroatoms. The minimum Gasteiger partial charge on any atom is -0.491 e. The van der Waals surface area contributed by atoms with Gasteiger partial charge in [-0.05, 0) is 43.2 Å². The van der Waals surface area contributed by atoms with Gasteiger partial charge in [-0.1, -0.05) is 6.07 Å². The highest BCUT2D eigenvalue weighted by molar-refractivity contribution is 5.76. The zero-order chi connectivity index (χ0) is 20.0. The number of fused-ring (bicyclic) bond motifs is 3. The first-order chi connectivity index (χ1) is 14.1. The standard InChI is InChI=1S/C21H20N6O2/c1-13(2)27-21(23-12-24-27)17-11-26-7-8-29-18-5-3-14(9-16(18)20(26)25-17)15-4-6-19(28)22-10-15/h3-6,9-13H,7-8H2,1-2H3,(H,22,28). The molecule has 5 rings (SSSR count). The van der Waals surface area contributed by atoms with Crippen LogP contribution in [0, 0.1) is 0 Å². The van der Waals surface area contributed by atoms with E-state index in [9.17, 15) is 4.79 Å². The third kappa shape index (κ3) is 3.02. The minimum atomic E-state index is -0.124. The summed E-state index contributed by atoms with van der Waals surface area (Å²) in [5.74, 6) is 2.37. The highest BCUT2D eigenvalue weighted by atomic mass is 16.5. The fraction of sp³-hybridized carbons (Fsp3) is 0.238. The number of H-pyrrole nitrogens is 1. The van der Waals surface area contributed by atoms with Crippen molar-refractivity contribution in [3.63, 3.8) is 0 Å². The van der Waals surface area contributed by atoms with Crippen LogP contribution in [0.3, 0.4) is 0 Å². The van der Waals surface area contributed by atoms with Crippen LogP contribution in [0.25, 0.3) is 34.0 Å². The molecule has 0 bridgehead atoms. The number of ether oxygens (including phenoxy) is 1. The summed E-state index contributed by atoms with van der Waals surface area (Å²) in [5, 5.41) is 4.32. The van der Waals surface area contributed by atoms with Gasteiger partial charge < -0.3 is 14.3 Å². The van der Waals surface area contributed by atoms with Gasteiger partial charge in [-0.15, -0.1) is 0 Å². The van der Waals surface area contributed by atoms with Crippen LogP contribution in [0.2, 0.25) is 0 Å². The first-order valence-electron chi connectivity index (χ1n) is 9.53. The van der Waals surface area contributed by atoms with Crippen LogP contribution in [0.4, 0.5) is 0 Å². The largest absolute Gasteiger partial charge is 0.491 e. The Morgan fingerprint density at radius 1 is 1.14 bits per heavy atom. The van der Waals surface area contributed by atoms with E-state index < -0.39 is 0 Å². The molecule has 0 saturated heterocycles. The van der Waals surface area contributed by atoms with E-state index in [1.807, 2.05) is 29.1 Å². The van der Waals surface area contributed by atoms with Crippen LogP contribution in [-0.2, 0) is 6.54 Å². The van der Waals surface area contributed by atoms with Gasteiger partial charge in [-0.2, -0.15) is 5.10 Å². The summed E-state index contributed by atoms with van der Waals surface area (Å²) in [4.78, 5) is 23.4. The van der Waals surface area contributed by atoms with Crippen molar-refractivity contribution in [1.29, 1.82) is 0 Å². The molecule has 0 radical (unpaired) electrons. The average molecular weight is 388 g/mol. The lowest BCUT2D eigenvalue weighted by Crippen LogP contribution is -2.06. The maximum atomic E-state index is 11.4. The number of rotatable bonds is 3. The quantitative estimate of drug-likeness (QED) is 0.582. The van der Waals surface area contributed by atoms with Crippen molar-refractivity contribution in [3.8, 4) is 39.8 Å². The molecule has 146 valence electrons. The lowest BCUT2D eigenvalue weighted by molar-refractivity contribution is 0.306. The van der Waals surface area contributed by atoms with Crippen molar-refractivity contribution in [3.05, 3.63) is 59.4 Å². The zero-order valence-corrected chi connectivity index (χ0v) is 16.2. The lowest BCUT2D eigenvalue weighted by Gasteiger charge is -2.09. The van der Waals surface area contributed by atoms with E-state index in [2.05, 4.69) is 33.5 Å². The number of benzene rings is 1. The summed E-state index contributed by atoms with van der Waals surface area (Å²) in [6, 6.07) is 9.51. The Morgan fingerprint density at radius 2 is 2.00 bits per heavy atom. The molecule has 1 N–H and O–H groups in total. The van der Waals surface area contributed by atoms with E-state index in [4.69, 9.17) is 9.72 Å². The second-order valence-corrected chi connectivity index (χ2v) is 7.27. The summed E-state index contributed by atoms with van der Waals surface area (Å²) in [6.45, 7) is 5.39. The molecule has 1 aliphatic heterocycles. The summed E-state index contributed by atoms with van der Waals surface area (Å²) in [7, 11) is 0. The Balaban J connectivity index is 1.64. The molecule has 1 aliphatic rings. The lowest BCUT2D eigenvalue weighted by atomic mass is 10.0. The Morgan fingerprint density at radius 3 is 2.79 bits per heavy atom. The second-order valence-electron chi connectivity index (χ2n) is 7.27. The van der Waals surface area contributed by atoms with Crippen LogP contribution < -0.4 is 10.3 Å².